The van der Waals surface area contributed by atoms with Crippen molar-refractivity contribution in [3.05, 3.63) is 0 Å². The van der Waals surface area contributed by atoms with Crippen LogP contribution in [0.2, 0.25) is 0 Å². The van der Waals surface area contributed by atoms with Gasteiger partial charge in [-0.25, -0.2) is 0 Å². The molecule has 4 unspecified atom stereocenters. The normalized spacial score (nSPS) is 39.5. The summed E-state index contributed by atoms with van der Waals surface area (Å²) in [5.41, 5.74) is 0. The van der Waals surface area contributed by atoms with Gasteiger partial charge in [0, 0.05) is 25.2 Å². The molecule has 116 valence electrons. The van der Waals surface area contributed by atoms with Crippen molar-refractivity contribution in [3.63, 3.8) is 0 Å². The average Bonchev–Trinajstić information content (AvgIpc) is 2.48. The Labute approximate surface area is 125 Å². The molecule has 3 aliphatic rings. The van der Waals surface area contributed by atoms with Crippen LogP contribution in [0.25, 0.3) is 0 Å². The third kappa shape index (κ3) is 3.76. The Kier molecular flexibility index (Phi) is 5.39. The molecule has 2 nitrogen and oxygen atoms in total. The fourth-order valence-corrected chi connectivity index (χ4v) is 5.04. The minimum Gasteiger partial charge on any atom is -0.313 e. The highest BCUT2D eigenvalue weighted by Crippen LogP contribution is 2.34. The molecule has 0 spiro atoms. The fraction of sp³-hybridized carbons (Fsp3) is 1.00. The maximum Gasteiger partial charge on any atom is 0.0124 e. The Balaban J connectivity index is 1.41. The van der Waals surface area contributed by atoms with Crippen molar-refractivity contribution >= 4 is 0 Å². The molecule has 3 fully saturated rings. The zero-order valence-corrected chi connectivity index (χ0v) is 13.4. The van der Waals surface area contributed by atoms with Gasteiger partial charge in [-0.2, -0.15) is 0 Å². The number of hydrogen-bond donors (Lipinski definition) is 1. The van der Waals surface area contributed by atoms with Crippen LogP contribution >= 0.6 is 0 Å². The third-order valence-electron chi connectivity index (χ3n) is 6.13. The van der Waals surface area contributed by atoms with Gasteiger partial charge >= 0.3 is 0 Å². The number of likely N-dealkylation sites (tertiary alicyclic amines) is 1. The fourth-order valence-electron chi connectivity index (χ4n) is 5.04. The number of nitrogens with one attached hydrogen (secondary N) is 1. The molecule has 2 aliphatic carbocycles. The van der Waals surface area contributed by atoms with Gasteiger partial charge in [-0.05, 0) is 56.9 Å². The lowest BCUT2D eigenvalue weighted by Gasteiger charge is -2.44. The summed E-state index contributed by atoms with van der Waals surface area (Å²) in [5, 5.41) is 3.85. The predicted molar refractivity (Wildman–Crippen MR) is 86.0 cm³/mol. The van der Waals surface area contributed by atoms with E-state index in [2.05, 4.69) is 17.1 Å². The van der Waals surface area contributed by atoms with Crippen LogP contribution in [-0.2, 0) is 0 Å². The van der Waals surface area contributed by atoms with Gasteiger partial charge in [-0.1, -0.05) is 32.6 Å². The molecule has 0 bridgehead atoms. The van der Waals surface area contributed by atoms with E-state index >= 15 is 0 Å². The van der Waals surface area contributed by atoms with Crippen LogP contribution in [0, 0.1) is 11.8 Å². The average molecular weight is 278 g/mol. The lowest BCUT2D eigenvalue weighted by Crippen LogP contribution is -2.49. The Morgan fingerprint density at radius 1 is 0.950 bits per heavy atom. The van der Waals surface area contributed by atoms with E-state index in [-0.39, 0.29) is 0 Å². The smallest absolute Gasteiger partial charge is 0.0124 e. The lowest BCUT2D eigenvalue weighted by molar-refractivity contribution is 0.0607. The first kappa shape index (κ1) is 14.8. The summed E-state index contributed by atoms with van der Waals surface area (Å²) in [6.45, 7) is 6.31. The molecule has 2 saturated carbocycles. The van der Waals surface area contributed by atoms with Crippen LogP contribution in [-0.4, -0.2) is 36.6 Å². The van der Waals surface area contributed by atoms with Crippen LogP contribution in [0.1, 0.15) is 71.1 Å². The van der Waals surface area contributed by atoms with E-state index in [1.165, 1.54) is 83.8 Å². The van der Waals surface area contributed by atoms with Crippen molar-refractivity contribution in [1.29, 1.82) is 0 Å². The molecule has 0 amide bonds. The van der Waals surface area contributed by atoms with Gasteiger partial charge < -0.3 is 5.32 Å². The van der Waals surface area contributed by atoms with Crippen molar-refractivity contribution in [3.8, 4) is 0 Å². The van der Waals surface area contributed by atoms with Crippen LogP contribution < -0.4 is 5.32 Å². The molecule has 1 N–H and O–H groups in total. The molecule has 1 heterocycles. The molecule has 20 heavy (non-hydrogen) atoms. The number of rotatable bonds is 4. The second kappa shape index (κ2) is 7.26. The summed E-state index contributed by atoms with van der Waals surface area (Å²) >= 11 is 0. The summed E-state index contributed by atoms with van der Waals surface area (Å²) in [4.78, 5) is 2.83. The Morgan fingerprint density at radius 3 is 2.70 bits per heavy atom. The first-order valence-corrected chi connectivity index (χ1v) is 9.30. The number of fused-ring (bicyclic) bond motifs is 1. The lowest BCUT2D eigenvalue weighted by atomic mass is 9.78. The molecular formula is C18H34N2. The monoisotopic (exact) mass is 278 g/mol. The Morgan fingerprint density at radius 2 is 1.80 bits per heavy atom. The minimum atomic E-state index is 0.811. The summed E-state index contributed by atoms with van der Waals surface area (Å²) in [5.74, 6) is 1.98. The molecule has 4 atom stereocenters. The molecule has 0 aromatic heterocycles. The minimum absolute atomic E-state index is 0.811. The number of nitrogens with zero attached hydrogens (tertiary/aromatic N) is 1. The van der Waals surface area contributed by atoms with E-state index in [0.29, 0.717) is 0 Å². The highest BCUT2D eigenvalue weighted by molar-refractivity contribution is 4.87. The van der Waals surface area contributed by atoms with Gasteiger partial charge in [-0.3, -0.25) is 4.90 Å². The molecule has 3 rings (SSSR count). The van der Waals surface area contributed by atoms with E-state index < -0.39 is 0 Å². The van der Waals surface area contributed by atoms with Gasteiger partial charge in [0.15, 0.2) is 0 Å². The van der Waals surface area contributed by atoms with Crippen LogP contribution in [0.15, 0.2) is 0 Å². The van der Waals surface area contributed by atoms with E-state index in [1.807, 2.05) is 0 Å². The molecule has 0 aromatic carbocycles. The van der Waals surface area contributed by atoms with E-state index in [1.54, 1.807) is 0 Å². The van der Waals surface area contributed by atoms with Crippen molar-refractivity contribution in [2.24, 2.45) is 11.8 Å². The Bertz CT molecular complexity index is 289. The van der Waals surface area contributed by atoms with Gasteiger partial charge in [0.1, 0.15) is 0 Å². The van der Waals surface area contributed by atoms with E-state index in [0.717, 1.165) is 23.9 Å². The van der Waals surface area contributed by atoms with Crippen molar-refractivity contribution in [2.45, 2.75) is 83.2 Å². The van der Waals surface area contributed by atoms with Crippen molar-refractivity contribution in [1.82, 2.24) is 10.2 Å². The first-order chi connectivity index (χ1) is 9.83. The van der Waals surface area contributed by atoms with Crippen LogP contribution in [0.4, 0.5) is 0 Å². The maximum atomic E-state index is 3.85. The van der Waals surface area contributed by atoms with E-state index in [4.69, 9.17) is 0 Å². The first-order valence-electron chi connectivity index (χ1n) is 9.30. The number of hydrogen-bond acceptors (Lipinski definition) is 2. The maximum absolute atomic E-state index is 3.85. The molecule has 1 saturated heterocycles. The van der Waals surface area contributed by atoms with Crippen molar-refractivity contribution in [2.75, 3.05) is 19.6 Å². The molecule has 1 aliphatic heterocycles. The van der Waals surface area contributed by atoms with Crippen molar-refractivity contribution < 1.29 is 0 Å². The van der Waals surface area contributed by atoms with E-state index in [9.17, 15) is 0 Å². The second-order valence-electron chi connectivity index (χ2n) is 7.71. The molecule has 2 heteroatoms. The highest BCUT2D eigenvalue weighted by atomic mass is 15.2. The Hall–Kier alpha value is -0.0800. The second-order valence-corrected chi connectivity index (χ2v) is 7.71. The van der Waals surface area contributed by atoms with Crippen LogP contribution in [0.5, 0.6) is 0 Å². The zero-order chi connectivity index (χ0) is 13.8. The summed E-state index contributed by atoms with van der Waals surface area (Å²) < 4.78 is 0. The van der Waals surface area contributed by atoms with Gasteiger partial charge in [0.25, 0.3) is 0 Å². The summed E-state index contributed by atoms with van der Waals surface area (Å²) in [7, 11) is 0. The summed E-state index contributed by atoms with van der Waals surface area (Å²) in [6.07, 6.45) is 14.6. The predicted octanol–water partition coefficient (Wildman–Crippen LogP) is 3.81. The molecular weight excluding hydrogens is 244 g/mol. The SMILES string of the molecule is CC1CCCC(NCCN2CCCC3CCCCC32)C1. The van der Waals surface area contributed by atoms with Gasteiger partial charge in [0.2, 0.25) is 0 Å². The third-order valence-corrected chi connectivity index (χ3v) is 6.13. The topological polar surface area (TPSA) is 15.3 Å². The quantitative estimate of drug-likeness (QED) is 0.841. The zero-order valence-electron chi connectivity index (χ0n) is 13.4. The number of piperidine rings is 1. The molecule has 0 aromatic rings. The van der Waals surface area contributed by atoms with Crippen LogP contribution in [0.3, 0.4) is 0 Å². The largest absolute Gasteiger partial charge is 0.313 e. The standard InChI is InChI=1S/C18H34N2/c1-15-6-4-9-17(14-15)19-11-13-20-12-5-8-16-7-2-3-10-18(16)20/h15-19H,2-14H2,1H3. The van der Waals surface area contributed by atoms with Gasteiger partial charge in [0.05, 0.1) is 0 Å². The highest BCUT2D eigenvalue weighted by Gasteiger charge is 2.32. The van der Waals surface area contributed by atoms with Gasteiger partial charge in [-0.15, -0.1) is 0 Å². The molecule has 0 radical (unpaired) electrons. The summed E-state index contributed by atoms with van der Waals surface area (Å²) in [6, 6.07) is 1.75.